The van der Waals surface area contributed by atoms with Crippen molar-refractivity contribution in [3.63, 3.8) is 0 Å². The van der Waals surface area contributed by atoms with Crippen molar-refractivity contribution in [3.8, 4) is 0 Å². The van der Waals surface area contributed by atoms with Crippen LogP contribution in [0.2, 0.25) is 10.2 Å². The maximum absolute atomic E-state index is 12.3. The molecular formula is C15H14Cl2N4O. The fourth-order valence-electron chi connectivity index (χ4n) is 2.45. The van der Waals surface area contributed by atoms with Gasteiger partial charge in [-0.1, -0.05) is 35.3 Å². The average molecular weight is 337 g/mol. The molecule has 0 unspecified atom stereocenters. The van der Waals surface area contributed by atoms with Crippen LogP contribution in [0.1, 0.15) is 5.56 Å². The second-order valence-corrected chi connectivity index (χ2v) is 5.92. The average Bonchev–Trinajstić information content (AvgIpc) is 2.49. The summed E-state index contributed by atoms with van der Waals surface area (Å²) in [5.41, 5.74) is 1.10. The molecule has 2 heterocycles. The van der Waals surface area contributed by atoms with Crippen LogP contribution in [0.3, 0.4) is 0 Å². The Morgan fingerprint density at radius 3 is 2.64 bits per heavy atom. The van der Waals surface area contributed by atoms with Crippen molar-refractivity contribution in [2.45, 2.75) is 6.54 Å². The number of carbonyl (C=O) groups excluding carboxylic acids is 1. The zero-order valence-electron chi connectivity index (χ0n) is 11.7. The zero-order valence-corrected chi connectivity index (χ0v) is 13.3. The Morgan fingerprint density at radius 2 is 1.95 bits per heavy atom. The number of rotatable bonds is 3. The Morgan fingerprint density at radius 1 is 1.09 bits per heavy atom. The highest BCUT2D eigenvalue weighted by Crippen LogP contribution is 2.18. The van der Waals surface area contributed by atoms with Gasteiger partial charge in [0.25, 0.3) is 0 Å². The van der Waals surface area contributed by atoms with Gasteiger partial charge in [0.1, 0.15) is 0 Å². The number of anilines is 1. The van der Waals surface area contributed by atoms with Crippen LogP contribution < -0.4 is 4.90 Å². The molecule has 0 saturated carbocycles. The zero-order chi connectivity index (χ0) is 15.5. The first-order valence-electron chi connectivity index (χ1n) is 6.88. The van der Waals surface area contributed by atoms with Crippen LogP contribution in [-0.2, 0) is 11.3 Å². The summed E-state index contributed by atoms with van der Waals surface area (Å²) in [7, 11) is 0. The van der Waals surface area contributed by atoms with E-state index in [9.17, 15) is 4.79 Å². The van der Waals surface area contributed by atoms with E-state index < -0.39 is 0 Å². The summed E-state index contributed by atoms with van der Waals surface area (Å²) in [5.74, 6) is 0.543. The number of hydrogen-bond acceptors (Lipinski definition) is 4. The Labute approximate surface area is 138 Å². The summed E-state index contributed by atoms with van der Waals surface area (Å²) < 4.78 is 0. The quantitative estimate of drug-likeness (QED) is 0.864. The van der Waals surface area contributed by atoms with Gasteiger partial charge in [-0.15, -0.1) is 10.2 Å². The first-order chi connectivity index (χ1) is 10.6. The van der Waals surface area contributed by atoms with Gasteiger partial charge in [0.05, 0.1) is 6.54 Å². The van der Waals surface area contributed by atoms with Crippen LogP contribution in [0.4, 0.5) is 5.82 Å². The minimum atomic E-state index is 0.00454. The van der Waals surface area contributed by atoms with Crippen molar-refractivity contribution < 1.29 is 4.79 Å². The van der Waals surface area contributed by atoms with E-state index in [0.717, 1.165) is 12.1 Å². The molecule has 22 heavy (non-hydrogen) atoms. The van der Waals surface area contributed by atoms with Gasteiger partial charge < -0.3 is 0 Å². The van der Waals surface area contributed by atoms with Crippen LogP contribution in [0, 0.1) is 0 Å². The van der Waals surface area contributed by atoms with E-state index in [1.807, 2.05) is 24.3 Å². The Hall–Kier alpha value is -1.69. The lowest BCUT2D eigenvalue weighted by atomic mass is 10.2. The van der Waals surface area contributed by atoms with Gasteiger partial charge in [0.15, 0.2) is 11.0 Å². The predicted octanol–water partition coefficient (Wildman–Crippen LogP) is 2.63. The van der Waals surface area contributed by atoms with Gasteiger partial charge >= 0.3 is 0 Å². The third kappa shape index (κ3) is 3.55. The fourth-order valence-corrected chi connectivity index (χ4v) is 2.76. The second-order valence-electron chi connectivity index (χ2n) is 5.10. The molecule has 0 atom stereocenters. The fraction of sp³-hybridized carbons (Fsp3) is 0.267. The summed E-state index contributed by atoms with van der Waals surface area (Å²) in [6, 6.07) is 11.0. The van der Waals surface area contributed by atoms with Crippen molar-refractivity contribution in [1.82, 2.24) is 15.1 Å². The van der Waals surface area contributed by atoms with Crippen molar-refractivity contribution >= 4 is 34.9 Å². The molecular weight excluding hydrogens is 323 g/mol. The molecule has 0 bridgehead atoms. The van der Waals surface area contributed by atoms with Crippen molar-refractivity contribution in [1.29, 1.82) is 0 Å². The summed E-state index contributed by atoms with van der Waals surface area (Å²) in [6.07, 6.45) is 0. The molecule has 1 aromatic carbocycles. The molecule has 7 heteroatoms. The molecule has 0 N–H and O–H groups in total. The third-order valence-corrected chi connectivity index (χ3v) is 3.93. The lowest BCUT2D eigenvalue weighted by Crippen LogP contribution is -2.50. The van der Waals surface area contributed by atoms with Gasteiger partial charge in [-0.3, -0.25) is 14.6 Å². The number of hydrogen-bond donors (Lipinski definition) is 0. The van der Waals surface area contributed by atoms with Gasteiger partial charge in [0.2, 0.25) is 5.91 Å². The smallest absolute Gasteiger partial charge is 0.242 e. The molecule has 0 radical (unpaired) electrons. The molecule has 1 aromatic heterocycles. The van der Waals surface area contributed by atoms with Crippen LogP contribution in [0.15, 0.2) is 36.4 Å². The molecule has 1 amide bonds. The molecule has 5 nitrogen and oxygen atoms in total. The number of carbonyl (C=O) groups is 1. The standard InChI is InChI=1S/C15H14Cl2N4O/c16-12-3-1-2-11(8-12)9-20-6-7-21(15(22)10-20)14-5-4-13(17)18-19-14/h1-5,8H,6-7,9-10H2. The molecule has 0 aliphatic carbocycles. The van der Waals surface area contributed by atoms with Crippen LogP contribution >= 0.6 is 23.2 Å². The number of nitrogens with zero attached hydrogens (tertiary/aromatic N) is 4. The minimum absolute atomic E-state index is 0.00454. The number of piperazine rings is 1. The minimum Gasteiger partial charge on any atom is -0.293 e. The molecule has 1 saturated heterocycles. The Balaban J connectivity index is 1.65. The lowest BCUT2D eigenvalue weighted by molar-refractivity contribution is -0.121. The lowest BCUT2D eigenvalue weighted by Gasteiger charge is -2.33. The highest BCUT2D eigenvalue weighted by molar-refractivity contribution is 6.30. The van der Waals surface area contributed by atoms with Crippen molar-refractivity contribution in [3.05, 3.63) is 52.1 Å². The maximum Gasteiger partial charge on any atom is 0.242 e. The first kappa shape index (κ1) is 15.2. The number of amides is 1. The molecule has 2 aromatic rings. The molecule has 1 aliphatic heterocycles. The molecule has 1 fully saturated rings. The van der Waals surface area contributed by atoms with E-state index in [2.05, 4.69) is 15.1 Å². The Bertz CT molecular complexity index is 677. The van der Waals surface area contributed by atoms with Gasteiger partial charge in [-0.2, -0.15) is 0 Å². The van der Waals surface area contributed by atoms with E-state index in [-0.39, 0.29) is 5.91 Å². The van der Waals surface area contributed by atoms with Crippen molar-refractivity contribution in [2.75, 3.05) is 24.5 Å². The first-order valence-corrected chi connectivity index (χ1v) is 7.64. The Kier molecular flexibility index (Phi) is 4.57. The maximum atomic E-state index is 12.3. The number of benzene rings is 1. The van der Waals surface area contributed by atoms with Crippen LogP contribution in [0.5, 0.6) is 0 Å². The highest BCUT2D eigenvalue weighted by Gasteiger charge is 2.26. The second kappa shape index (κ2) is 6.60. The molecule has 1 aliphatic rings. The summed E-state index contributed by atoms with van der Waals surface area (Å²) in [4.78, 5) is 16.0. The molecule has 0 spiro atoms. The summed E-state index contributed by atoms with van der Waals surface area (Å²) >= 11 is 11.7. The monoisotopic (exact) mass is 336 g/mol. The van der Waals surface area contributed by atoms with Crippen molar-refractivity contribution in [2.24, 2.45) is 0 Å². The van der Waals surface area contributed by atoms with E-state index >= 15 is 0 Å². The third-order valence-electron chi connectivity index (χ3n) is 3.49. The highest BCUT2D eigenvalue weighted by atomic mass is 35.5. The number of aromatic nitrogens is 2. The van der Waals surface area contributed by atoms with Gasteiger partial charge in [-0.05, 0) is 29.8 Å². The van der Waals surface area contributed by atoms with Crippen LogP contribution in [0.25, 0.3) is 0 Å². The van der Waals surface area contributed by atoms with E-state index in [4.69, 9.17) is 23.2 Å². The normalized spacial score (nSPS) is 16.1. The van der Waals surface area contributed by atoms with Crippen LogP contribution in [-0.4, -0.2) is 40.6 Å². The number of halogens is 2. The van der Waals surface area contributed by atoms with E-state index in [0.29, 0.717) is 35.6 Å². The molecule has 114 valence electrons. The summed E-state index contributed by atoms with van der Waals surface area (Å²) in [6.45, 7) is 2.39. The topological polar surface area (TPSA) is 49.3 Å². The van der Waals surface area contributed by atoms with E-state index in [1.165, 1.54) is 0 Å². The van der Waals surface area contributed by atoms with Gasteiger partial charge in [-0.25, -0.2) is 0 Å². The summed E-state index contributed by atoms with van der Waals surface area (Å²) in [5, 5.41) is 8.76. The van der Waals surface area contributed by atoms with Gasteiger partial charge in [0, 0.05) is 24.7 Å². The molecule has 3 rings (SSSR count). The van der Waals surface area contributed by atoms with E-state index in [1.54, 1.807) is 17.0 Å². The SMILES string of the molecule is O=C1CN(Cc2cccc(Cl)c2)CCN1c1ccc(Cl)nn1. The predicted molar refractivity (Wildman–Crippen MR) is 86.1 cm³/mol. The largest absolute Gasteiger partial charge is 0.293 e.